The van der Waals surface area contributed by atoms with Gasteiger partial charge in [-0.3, -0.25) is 4.79 Å². The summed E-state index contributed by atoms with van der Waals surface area (Å²) in [5.74, 6) is 0.00574. The molecule has 0 spiro atoms. The maximum atomic E-state index is 11.4. The quantitative estimate of drug-likeness (QED) is 0.771. The van der Waals surface area contributed by atoms with Gasteiger partial charge in [-0.2, -0.15) is 0 Å². The molecule has 1 aliphatic heterocycles. The normalized spacial score (nSPS) is 20.9. The molecule has 14 heavy (non-hydrogen) atoms. The van der Waals surface area contributed by atoms with Gasteiger partial charge in [0, 0.05) is 10.2 Å². The lowest BCUT2D eigenvalue weighted by molar-refractivity contribution is -0.123. The standard InChI is InChI=1S/C10H11BrN2O/c1-6-7(11)3-2-4-9(6)13-5-8(12)10(13)14/h2-4,8H,5,12H2,1H3. The Hall–Kier alpha value is -0.870. The van der Waals surface area contributed by atoms with Crippen LogP contribution in [0.2, 0.25) is 0 Å². The number of rotatable bonds is 1. The van der Waals surface area contributed by atoms with Crippen molar-refractivity contribution < 1.29 is 4.79 Å². The highest BCUT2D eigenvalue weighted by molar-refractivity contribution is 9.10. The second kappa shape index (κ2) is 3.37. The number of benzene rings is 1. The summed E-state index contributed by atoms with van der Waals surface area (Å²) in [7, 11) is 0. The Morgan fingerprint density at radius 1 is 1.57 bits per heavy atom. The molecular formula is C10H11BrN2O. The first kappa shape index (κ1) is 9.68. The molecule has 1 saturated heterocycles. The van der Waals surface area contributed by atoms with Gasteiger partial charge in [-0.1, -0.05) is 22.0 Å². The highest BCUT2D eigenvalue weighted by Crippen LogP contribution is 2.29. The molecule has 3 nitrogen and oxygen atoms in total. The minimum Gasteiger partial charge on any atom is -0.318 e. The van der Waals surface area contributed by atoms with Gasteiger partial charge in [0.25, 0.3) is 0 Å². The Bertz CT molecular complexity index is 392. The molecule has 1 fully saturated rings. The van der Waals surface area contributed by atoms with E-state index in [0.717, 1.165) is 15.7 Å². The number of hydrogen-bond acceptors (Lipinski definition) is 2. The molecule has 4 heteroatoms. The number of anilines is 1. The van der Waals surface area contributed by atoms with Crippen molar-refractivity contribution in [2.24, 2.45) is 5.73 Å². The highest BCUT2D eigenvalue weighted by Gasteiger charge is 2.35. The van der Waals surface area contributed by atoms with Crippen LogP contribution in [0, 0.1) is 6.92 Å². The third-order valence-electron chi connectivity index (χ3n) is 2.49. The molecule has 1 unspecified atom stereocenters. The number of carbonyl (C=O) groups excluding carboxylic acids is 1. The summed E-state index contributed by atoms with van der Waals surface area (Å²) in [6.07, 6.45) is 0. The number of halogens is 1. The van der Waals surface area contributed by atoms with E-state index in [1.807, 2.05) is 25.1 Å². The smallest absolute Gasteiger partial charge is 0.245 e. The lowest BCUT2D eigenvalue weighted by Gasteiger charge is -2.37. The third kappa shape index (κ3) is 1.35. The fourth-order valence-corrected chi connectivity index (χ4v) is 1.91. The van der Waals surface area contributed by atoms with Crippen molar-refractivity contribution in [3.63, 3.8) is 0 Å². The molecule has 1 aliphatic rings. The van der Waals surface area contributed by atoms with E-state index < -0.39 is 0 Å². The molecule has 1 atom stereocenters. The predicted octanol–water partition coefficient (Wildman–Crippen LogP) is 1.43. The van der Waals surface area contributed by atoms with Crippen molar-refractivity contribution >= 4 is 27.5 Å². The molecule has 0 aromatic heterocycles. The zero-order valence-corrected chi connectivity index (χ0v) is 9.41. The van der Waals surface area contributed by atoms with Gasteiger partial charge in [-0.15, -0.1) is 0 Å². The van der Waals surface area contributed by atoms with Crippen LogP contribution in [0.4, 0.5) is 5.69 Å². The van der Waals surface area contributed by atoms with Crippen LogP contribution in [0.3, 0.4) is 0 Å². The number of nitrogens with two attached hydrogens (primary N) is 1. The summed E-state index contributed by atoms with van der Waals surface area (Å²) in [5, 5.41) is 0. The zero-order chi connectivity index (χ0) is 10.3. The van der Waals surface area contributed by atoms with Crippen LogP contribution in [-0.2, 0) is 4.79 Å². The van der Waals surface area contributed by atoms with Gasteiger partial charge >= 0.3 is 0 Å². The summed E-state index contributed by atoms with van der Waals surface area (Å²) in [6.45, 7) is 2.60. The van der Waals surface area contributed by atoms with Crippen LogP contribution in [-0.4, -0.2) is 18.5 Å². The summed E-state index contributed by atoms with van der Waals surface area (Å²) < 4.78 is 1.02. The Kier molecular flexibility index (Phi) is 2.33. The summed E-state index contributed by atoms with van der Waals surface area (Å²) >= 11 is 3.43. The fourth-order valence-electron chi connectivity index (χ4n) is 1.56. The molecule has 2 N–H and O–H groups in total. The summed E-state index contributed by atoms with van der Waals surface area (Å²) in [4.78, 5) is 13.1. The van der Waals surface area contributed by atoms with Crippen molar-refractivity contribution in [1.29, 1.82) is 0 Å². The molecule has 0 bridgehead atoms. The van der Waals surface area contributed by atoms with E-state index in [0.29, 0.717) is 6.54 Å². The van der Waals surface area contributed by atoms with E-state index in [1.165, 1.54) is 0 Å². The van der Waals surface area contributed by atoms with Crippen LogP contribution in [0.5, 0.6) is 0 Å². The van der Waals surface area contributed by atoms with Crippen molar-refractivity contribution in [2.45, 2.75) is 13.0 Å². The van der Waals surface area contributed by atoms with Crippen molar-refractivity contribution in [1.82, 2.24) is 0 Å². The van der Waals surface area contributed by atoms with Gasteiger partial charge in [-0.25, -0.2) is 0 Å². The summed E-state index contributed by atoms with van der Waals surface area (Å²) in [6, 6.07) is 5.50. The molecule has 1 aromatic carbocycles. The highest BCUT2D eigenvalue weighted by atomic mass is 79.9. The SMILES string of the molecule is Cc1c(Br)cccc1N1CC(N)C1=O. The molecule has 0 aliphatic carbocycles. The van der Waals surface area contributed by atoms with Crippen molar-refractivity contribution in [3.05, 3.63) is 28.2 Å². The van der Waals surface area contributed by atoms with Crippen LogP contribution >= 0.6 is 15.9 Å². The van der Waals surface area contributed by atoms with E-state index in [9.17, 15) is 4.79 Å². The van der Waals surface area contributed by atoms with E-state index in [1.54, 1.807) is 4.90 Å². The van der Waals surface area contributed by atoms with Crippen LogP contribution < -0.4 is 10.6 Å². The second-order valence-corrected chi connectivity index (χ2v) is 4.29. The third-order valence-corrected chi connectivity index (χ3v) is 3.35. The van der Waals surface area contributed by atoms with E-state index in [2.05, 4.69) is 15.9 Å². The largest absolute Gasteiger partial charge is 0.318 e. The van der Waals surface area contributed by atoms with Gasteiger partial charge in [0.1, 0.15) is 6.04 Å². The molecule has 74 valence electrons. The Labute approximate surface area is 91.0 Å². The number of hydrogen-bond donors (Lipinski definition) is 1. The predicted molar refractivity (Wildman–Crippen MR) is 59.2 cm³/mol. The second-order valence-electron chi connectivity index (χ2n) is 3.44. The summed E-state index contributed by atoms with van der Waals surface area (Å²) in [5.41, 5.74) is 7.56. The maximum absolute atomic E-state index is 11.4. The van der Waals surface area contributed by atoms with Crippen LogP contribution in [0.1, 0.15) is 5.56 Å². The van der Waals surface area contributed by atoms with E-state index >= 15 is 0 Å². The molecule has 1 amide bonds. The molecule has 0 radical (unpaired) electrons. The molecule has 0 saturated carbocycles. The lowest BCUT2D eigenvalue weighted by Crippen LogP contribution is -2.61. The van der Waals surface area contributed by atoms with Gasteiger partial charge in [0.15, 0.2) is 0 Å². The maximum Gasteiger partial charge on any atom is 0.245 e. The van der Waals surface area contributed by atoms with Crippen LogP contribution in [0.15, 0.2) is 22.7 Å². The molecule has 1 heterocycles. The van der Waals surface area contributed by atoms with E-state index in [-0.39, 0.29) is 11.9 Å². The van der Waals surface area contributed by atoms with Gasteiger partial charge < -0.3 is 10.6 Å². The Balaban J connectivity index is 2.34. The first-order valence-electron chi connectivity index (χ1n) is 4.43. The number of β-lactam (4-membered cyclic amide) rings is 1. The Morgan fingerprint density at radius 3 is 2.86 bits per heavy atom. The minimum absolute atomic E-state index is 0.00574. The van der Waals surface area contributed by atoms with Gasteiger partial charge in [0.2, 0.25) is 5.91 Å². The van der Waals surface area contributed by atoms with Crippen molar-refractivity contribution in [2.75, 3.05) is 11.4 Å². The molecule has 1 aromatic rings. The fraction of sp³-hybridized carbons (Fsp3) is 0.300. The van der Waals surface area contributed by atoms with Crippen molar-refractivity contribution in [3.8, 4) is 0 Å². The Morgan fingerprint density at radius 2 is 2.29 bits per heavy atom. The topological polar surface area (TPSA) is 46.3 Å². The monoisotopic (exact) mass is 254 g/mol. The number of carbonyl (C=O) groups is 1. The van der Waals surface area contributed by atoms with Crippen LogP contribution in [0.25, 0.3) is 0 Å². The average Bonchev–Trinajstić information content (AvgIpc) is 2.19. The number of amides is 1. The first-order chi connectivity index (χ1) is 6.61. The first-order valence-corrected chi connectivity index (χ1v) is 5.22. The lowest BCUT2D eigenvalue weighted by atomic mass is 10.1. The number of nitrogens with zero attached hydrogens (tertiary/aromatic N) is 1. The van der Waals surface area contributed by atoms with Gasteiger partial charge in [0.05, 0.1) is 6.54 Å². The molecule has 2 rings (SSSR count). The van der Waals surface area contributed by atoms with Gasteiger partial charge in [-0.05, 0) is 24.6 Å². The van der Waals surface area contributed by atoms with E-state index in [4.69, 9.17) is 5.73 Å². The average molecular weight is 255 g/mol. The minimum atomic E-state index is -0.312. The molecular weight excluding hydrogens is 244 g/mol. The zero-order valence-electron chi connectivity index (χ0n) is 7.83.